The summed E-state index contributed by atoms with van der Waals surface area (Å²) in [5.74, 6) is -0.161. The molecule has 0 aliphatic heterocycles. The number of nitrogens with two attached hydrogens (primary N) is 1. The maximum atomic E-state index is 9.83. The average molecular weight is 208 g/mol. The number of hydrogen-bond donors (Lipinski definition) is 2. The van der Waals surface area contributed by atoms with E-state index in [0.717, 1.165) is 6.08 Å². The lowest BCUT2D eigenvalue weighted by Gasteiger charge is -1.92. The fourth-order valence-corrected chi connectivity index (χ4v) is 0.639. The molecular weight excluding hydrogens is 193 g/mol. The highest BCUT2D eigenvalue weighted by atomic mass is 31.1. The standard InChI is InChI=1S/C4H9O3P.C3H5NO/c1-4(2)3-7-8(5)6;1-2-3(4)5/h4H,3H2,1-2H3;2H,1H2,(H2,4,5)/p+1. The van der Waals surface area contributed by atoms with E-state index in [0.29, 0.717) is 12.5 Å². The minimum absolute atomic E-state index is 0.320. The summed E-state index contributed by atoms with van der Waals surface area (Å²) >= 11 is 0. The SMILES string of the molecule is C=CC(N)=O.CC(C)CO[P+](=O)O. The van der Waals surface area contributed by atoms with E-state index < -0.39 is 14.2 Å². The molecule has 0 aliphatic carbocycles. The van der Waals surface area contributed by atoms with Crippen LogP contribution in [0.1, 0.15) is 13.8 Å². The third-order valence-electron chi connectivity index (χ3n) is 0.719. The highest BCUT2D eigenvalue weighted by Crippen LogP contribution is 2.15. The fraction of sp³-hybridized carbons (Fsp3) is 0.571. The van der Waals surface area contributed by atoms with Gasteiger partial charge in [0.15, 0.2) is 0 Å². The predicted molar refractivity (Wildman–Crippen MR) is 50.0 cm³/mol. The van der Waals surface area contributed by atoms with Crippen LogP contribution >= 0.6 is 8.25 Å². The number of hydrogen-bond acceptors (Lipinski definition) is 3. The van der Waals surface area contributed by atoms with E-state index in [2.05, 4.69) is 16.8 Å². The molecule has 0 aromatic carbocycles. The van der Waals surface area contributed by atoms with Gasteiger partial charge in [-0.2, -0.15) is 0 Å². The van der Waals surface area contributed by atoms with Crippen LogP contribution in [0.25, 0.3) is 0 Å². The Morgan fingerprint density at radius 2 is 2.15 bits per heavy atom. The van der Waals surface area contributed by atoms with Crippen molar-refractivity contribution in [1.29, 1.82) is 0 Å². The van der Waals surface area contributed by atoms with Crippen molar-refractivity contribution in [3.8, 4) is 0 Å². The monoisotopic (exact) mass is 208 g/mol. The molecule has 0 spiro atoms. The van der Waals surface area contributed by atoms with Crippen molar-refractivity contribution in [2.24, 2.45) is 11.7 Å². The maximum Gasteiger partial charge on any atom is 0.694 e. The number of carbonyl (C=O) groups is 1. The summed E-state index contributed by atoms with van der Waals surface area (Å²) in [6.07, 6.45) is 1.06. The number of carbonyl (C=O) groups excluding carboxylic acids is 1. The molecule has 0 aromatic heterocycles. The minimum atomic E-state index is -2.38. The lowest BCUT2D eigenvalue weighted by Crippen LogP contribution is -2.04. The Balaban J connectivity index is 0. The molecule has 0 aromatic rings. The molecule has 1 amide bonds. The van der Waals surface area contributed by atoms with Crippen LogP contribution in [0.15, 0.2) is 12.7 Å². The predicted octanol–water partition coefficient (Wildman–Crippen LogP) is 0.966. The van der Waals surface area contributed by atoms with Gasteiger partial charge in [0.1, 0.15) is 6.61 Å². The minimum Gasteiger partial charge on any atom is -0.366 e. The molecule has 13 heavy (non-hydrogen) atoms. The third kappa shape index (κ3) is 24.6. The van der Waals surface area contributed by atoms with Gasteiger partial charge in [0, 0.05) is 4.57 Å². The van der Waals surface area contributed by atoms with Crippen molar-refractivity contribution >= 4 is 14.2 Å². The molecule has 0 saturated heterocycles. The molecule has 3 N–H and O–H groups in total. The van der Waals surface area contributed by atoms with Crippen molar-refractivity contribution in [1.82, 2.24) is 0 Å². The lowest BCUT2D eigenvalue weighted by atomic mass is 10.2. The number of amides is 1. The summed E-state index contributed by atoms with van der Waals surface area (Å²) in [6, 6.07) is 0. The van der Waals surface area contributed by atoms with Crippen LogP contribution in [-0.4, -0.2) is 17.4 Å². The van der Waals surface area contributed by atoms with Crippen LogP contribution in [0, 0.1) is 5.92 Å². The zero-order chi connectivity index (χ0) is 10.9. The van der Waals surface area contributed by atoms with Crippen molar-refractivity contribution in [3.05, 3.63) is 12.7 Å². The molecule has 0 rings (SSSR count). The molecule has 6 heteroatoms. The van der Waals surface area contributed by atoms with Gasteiger partial charge in [0.25, 0.3) is 0 Å². The molecule has 76 valence electrons. The molecule has 5 nitrogen and oxygen atoms in total. The second kappa shape index (κ2) is 9.32. The maximum absolute atomic E-state index is 9.83. The van der Waals surface area contributed by atoms with E-state index in [1.165, 1.54) is 0 Å². The van der Waals surface area contributed by atoms with E-state index in [1.54, 1.807) is 0 Å². The first-order chi connectivity index (χ1) is 5.90. The summed E-state index contributed by atoms with van der Waals surface area (Å²) in [6.45, 7) is 7.27. The molecule has 0 heterocycles. The first-order valence-corrected chi connectivity index (χ1v) is 4.74. The molecule has 1 atom stereocenters. The van der Waals surface area contributed by atoms with Crippen LogP contribution in [0.4, 0.5) is 0 Å². The average Bonchev–Trinajstić information content (AvgIpc) is 2.02. The molecule has 0 aliphatic rings. The van der Waals surface area contributed by atoms with Gasteiger partial charge < -0.3 is 5.73 Å². The number of rotatable bonds is 4. The molecule has 0 radical (unpaired) electrons. The molecule has 1 unspecified atom stereocenters. The largest absolute Gasteiger partial charge is 0.694 e. The Hall–Kier alpha value is -0.770. The van der Waals surface area contributed by atoms with Gasteiger partial charge in [0.2, 0.25) is 5.91 Å². The first-order valence-electron chi connectivity index (χ1n) is 3.61. The van der Waals surface area contributed by atoms with Gasteiger partial charge in [-0.15, -0.1) is 9.42 Å². The van der Waals surface area contributed by atoms with E-state index in [9.17, 15) is 9.36 Å². The van der Waals surface area contributed by atoms with Gasteiger partial charge in [0.05, 0.1) is 0 Å². The van der Waals surface area contributed by atoms with Crippen molar-refractivity contribution in [2.75, 3.05) is 6.61 Å². The Morgan fingerprint density at radius 1 is 1.77 bits per heavy atom. The van der Waals surface area contributed by atoms with Crippen LogP contribution in [0.5, 0.6) is 0 Å². The summed E-state index contributed by atoms with van der Waals surface area (Å²) in [5, 5.41) is 0. The Morgan fingerprint density at radius 3 is 2.23 bits per heavy atom. The van der Waals surface area contributed by atoms with Crippen molar-refractivity contribution in [2.45, 2.75) is 13.8 Å². The second-order valence-corrected chi connectivity index (χ2v) is 3.27. The van der Waals surface area contributed by atoms with E-state index in [1.807, 2.05) is 13.8 Å². The highest BCUT2D eigenvalue weighted by molar-refractivity contribution is 7.32. The van der Waals surface area contributed by atoms with Crippen molar-refractivity contribution in [3.63, 3.8) is 0 Å². The summed E-state index contributed by atoms with van der Waals surface area (Å²) in [4.78, 5) is 17.6. The summed E-state index contributed by atoms with van der Waals surface area (Å²) in [7, 11) is -2.38. The van der Waals surface area contributed by atoms with Crippen LogP contribution in [0.3, 0.4) is 0 Å². The third-order valence-corrected chi connectivity index (χ3v) is 1.09. The van der Waals surface area contributed by atoms with Gasteiger partial charge in [-0.1, -0.05) is 20.4 Å². The highest BCUT2D eigenvalue weighted by Gasteiger charge is 2.11. The van der Waals surface area contributed by atoms with Gasteiger partial charge >= 0.3 is 8.25 Å². The summed E-state index contributed by atoms with van der Waals surface area (Å²) in [5.41, 5.74) is 4.53. The lowest BCUT2D eigenvalue weighted by molar-refractivity contribution is -0.113. The zero-order valence-electron chi connectivity index (χ0n) is 7.77. The first kappa shape index (κ1) is 14.7. The van der Waals surface area contributed by atoms with Gasteiger partial charge in [-0.3, -0.25) is 4.79 Å². The van der Waals surface area contributed by atoms with Gasteiger partial charge in [-0.05, 0) is 12.0 Å². The normalized spacial score (nSPS) is 10.0. The van der Waals surface area contributed by atoms with Gasteiger partial charge in [-0.25, -0.2) is 0 Å². The number of primary amides is 1. The smallest absolute Gasteiger partial charge is 0.366 e. The van der Waals surface area contributed by atoms with E-state index >= 15 is 0 Å². The molecule has 0 fully saturated rings. The zero-order valence-corrected chi connectivity index (χ0v) is 8.66. The molecule has 0 saturated carbocycles. The Labute approximate surface area is 78.5 Å². The Kier molecular flexibility index (Phi) is 10.6. The summed E-state index contributed by atoms with van der Waals surface area (Å²) < 4.78 is 14.2. The molecule has 0 bridgehead atoms. The topological polar surface area (TPSA) is 89.6 Å². The molecular formula is C7H15NO4P+. The van der Waals surface area contributed by atoms with Crippen LogP contribution in [0.2, 0.25) is 0 Å². The second-order valence-electron chi connectivity index (χ2n) is 2.53. The van der Waals surface area contributed by atoms with Crippen LogP contribution in [-0.2, 0) is 13.9 Å². The van der Waals surface area contributed by atoms with E-state index in [4.69, 9.17) is 4.89 Å². The fourth-order valence-electron chi connectivity index (χ4n) is 0.213. The quantitative estimate of drug-likeness (QED) is 0.532. The van der Waals surface area contributed by atoms with Crippen LogP contribution < -0.4 is 5.73 Å². The van der Waals surface area contributed by atoms with E-state index in [-0.39, 0.29) is 0 Å². The Bertz CT molecular complexity index is 181. The van der Waals surface area contributed by atoms with Crippen molar-refractivity contribution < 1.29 is 18.8 Å².